The second-order valence-electron chi connectivity index (χ2n) is 4.92. The van der Waals surface area contributed by atoms with Crippen molar-refractivity contribution in [1.82, 2.24) is 10.6 Å². The molecular weight excluding hydrogens is 332 g/mol. The average molecular weight is 357 g/mol. The summed E-state index contributed by atoms with van der Waals surface area (Å²) in [7, 11) is 1.83. The lowest BCUT2D eigenvalue weighted by Gasteiger charge is -2.17. The maximum atomic E-state index is 11.9. The molecule has 0 aliphatic rings. The summed E-state index contributed by atoms with van der Waals surface area (Å²) in [6.07, 6.45) is 2.04. The third-order valence-electron chi connectivity index (χ3n) is 3.05. The minimum atomic E-state index is -0.730. The van der Waals surface area contributed by atoms with Crippen LogP contribution in [0.1, 0.15) is 18.4 Å². The van der Waals surface area contributed by atoms with Crippen molar-refractivity contribution in [3.8, 4) is 0 Å². The van der Waals surface area contributed by atoms with E-state index in [2.05, 4.69) is 17.2 Å². The van der Waals surface area contributed by atoms with Gasteiger partial charge in [-0.1, -0.05) is 43.0 Å². The van der Waals surface area contributed by atoms with E-state index in [4.69, 9.17) is 9.47 Å². The van der Waals surface area contributed by atoms with Crippen molar-refractivity contribution in [3.05, 3.63) is 48.6 Å². The molecule has 0 aliphatic heterocycles. The zero-order valence-corrected chi connectivity index (χ0v) is 14.6. The summed E-state index contributed by atoms with van der Waals surface area (Å²) >= 11 is 0. The normalized spacial score (nSPS) is 10.9. The van der Waals surface area contributed by atoms with Crippen molar-refractivity contribution in [2.24, 2.45) is 0 Å². The van der Waals surface area contributed by atoms with Crippen LogP contribution in [0.3, 0.4) is 0 Å². The van der Waals surface area contributed by atoms with Crippen LogP contribution in [0.2, 0.25) is 0 Å². The van der Waals surface area contributed by atoms with Gasteiger partial charge in [0.2, 0.25) is 0 Å². The summed E-state index contributed by atoms with van der Waals surface area (Å²) in [5, 5.41) is 5.55. The smallest absolute Gasteiger partial charge is 0.408 e. The van der Waals surface area contributed by atoms with Gasteiger partial charge in [0.1, 0.15) is 19.3 Å². The number of rotatable bonds is 10. The second-order valence-corrected chi connectivity index (χ2v) is 4.92. The van der Waals surface area contributed by atoms with Gasteiger partial charge in [-0.05, 0) is 32.0 Å². The van der Waals surface area contributed by atoms with Gasteiger partial charge in [-0.3, -0.25) is 0 Å². The molecule has 1 aromatic carbocycles. The largest absolute Gasteiger partial charge is 0.460 e. The zero-order valence-electron chi connectivity index (χ0n) is 13.8. The van der Waals surface area contributed by atoms with Gasteiger partial charge < -0.3 is 20.1 Å². The van der Waals surface area contributed by atoms with Gasteiger partial charge in [-0.15, -0.1) is 12.4 Å². The number of ether oxygens (including phenoxy) is 2. The van der Waals surface area contributed by atoms with E-state index >= 15 is 0 Å². The van der Waals surface area contributed by atoms with Crippen molar-refractivity contribution >= 4 is 24.5 Å². The number of halogens is 1. The van der Waals surface area contributed by atoms with Crippen molar-refractivity contribution < 1.29 is 19.1 Å². The van der Waals surface area contributed by atoms with E-state index in [9.17, 15) is 9.59 Å². The quantitative estimate of drug-likeness (QED) is 0.382. The molecule has 0 aliphatic carbocycles. The van der Waals surface area contributed by atoms with Gasteiger partial charge in [0.15, 0.2) is 0 Å². The molecular formula is C17H25ClN2O4. The molecule has 0 fully saturated rings. The SMILES string of the molecule is C=CCOC(=O)[C@H](CCCNC)NC(=O)OCc1ccccc1.Cl. The summed E-state index contributed by atoms with van der Waals surface area (Å²) in [4.78, 5) is 23.8. The molecule has 0 unspecified atom stereocenters. The number of hydrogen-bond acceptors (Lipinski definition) is 5. The van der Waals surface area contributed by atoms with Crippen LogP contribution in [0.15, 0.2) is 43.0 Å². The third-order valence-corrected chi connectivity index (χ3v) is 3.05. The molecule has 2 N–H and O–H groups in total. The Morgan fingerprint density at radius 2 is 1.96 bits per heavy atom. The van der Waals surface area contributed by atoms with Crippen LogP contribution in [0.25, 0.3) is 0 Å². The van der Waals surface area contributed by atoms with Gasteiger partial charge in [0.05, 0.1) is 0 Å². The Kier molecular flexibility index (Phi) is 12.3. The van der Waals surface area contributed by atoms with Crippen LogP contribution in [0, 0.1) is 0 Å². The second kappa shape index (κ2) is 13.4. The first-order valence-electron chi connectivity index (χ1n) is 7.56. The van der Waals surface area contributed by atoms with Gasteiger partial charge in [0.25, 0.3) is 0 Å². The van der Waals surface area contributed by atoms with Crippen LogP contribution in [-0.2, 0) is 20.9 Å². The van der Waals surface area contributed by atoms with E-state index in [1.54, 1.807) is 0 Å². The van der Waals surface area contributed by atoms with Crippen molar-refractivity contribution in [1.29, 1.82) is 0 Å². The van der Waals surface area contributed by atoms with Crippen molar-refractivity contribution in [2.75, 3.05) is 20.2 Å². The van der Waals surface area contributed by atoms with Crippen LogP contribution >= 0.6 is 12.4 Å². The number of benzene rings is 1. The summed E-state index contributed by atoms with van der Waals surface area (Å²) in [5.74, 6) is -0.488. The highest BCUT2D eigenvalue weighted by atomic mass is 35.5. The standard InChI is InChI=1S/C17H24N2O4.ClH/c1-3-12-22-16(20)15(10-7-11-18-2)19-17(21)23-13-14-8-5-4-6-9-14;/h3-6,8-9,15,18H,1,7,10-13H2,2H3,(H,19,21);1H/t15-;/m0./s1. The first-order valence-corrected chi connectivity index (χ1v) is 7.56. The molecule has 7 heteroatoms. The zero-order chi connectivity index (χ0) is 16.9. The summed E-state index contributed by atoms with van der Waals surface area (Å²) in [5.41, 5.74) is 0.878. The van der Waals surface area contributed by atoms with E-state index < -0.39 is 18.1 Å². The fourth-order valence-corrected chi connectivity index (χ4v) is 1.88. The van der Waals surface area contributed by atoms with E-state index in [-0.39, 0.29) is 25.6 Å². The van der Waals surface area contributed by atoms with E-state index in [1.165, 1.54) is 6.08 Å². The predicted octanol–water partition coefficient (Wildman–Crippen LogP) is 2.43. The first kappa shape index (κ1) is 21.9. The predicted molar refractivity (Wildman–Crippen MR) is 95.1 cm³/mol. The van der Waals surface area contributed by atoms with Crippen molar-refractivity contribution in [2.45, 2.75) is 25.5 Å². The highest BCUT2D eigenvalue weighted by molar-refractivity contribution is 5.85. The fraction of sp³-hybridized carbons (Fsp3) is 0.412. The highest BCUT2D eigenvalue weighted by Crippen LogP contribution is 2.03. The maximum absolute atomic E-state index is 11.9. The van der Waals surface area contributed by atoms with Gasteiger partial charge >= 0.3 is 12.1 Å². The van der Waals surface area contributed by atoms with Gasteiger partial charge in [-0.2, -0.15) is 0 Å². The number of hydrogen-bond donors (Lipinski definition) is 2. The van der Waals surface area contributed by atoms with Gasteiger partial charge in [-0.25, -0.2) is 9.59 Å². The lowest BCUT2D eigenvalue weighted by molar-refractivity contribution is -0.145. The van der Waals surface area contributed by atoms with Gasteiger partial charge in [0, 0.05) is 0 Å². The number of nitrogens with one attached hydrogen (secondary N) is 2. The molecule has 1 amide bonds. The van der Waals surface area contributed by atoms with Crippen LogP contribution in [0.5, 0.6) is 0 Å². The molecule has 6 nitrogen and oxygen atoms in total. The molecule has 0 spiro atoms. The summed E-state index contributed by atoms with van der Waals surface area (Å²) in [6.45, 7) is 4.50. The Balaban J connectivity index is 0.00000529. The molecule has 1 atom stereocenters. The first-order chi connectivity index (χ1) is 11.2. The molecule has 0 saturated heterocycles. The number of amides is 1. The minimum Gasteiger partial charge on any atom is -0.460 e. The maximum Gasteiger partial charge on any atom is 0.408 e. The third kappa shape index (κ3) is 9.17. The Morgan fingerprint density at radius 1 is 1.25 bits per heavy atom. The number of esters is 1. The van der Waals surface area contributed by atoms with E-state index in [0.29, 0.717) is 6.42 Å². The highest BCUT2D eigenvalue weighted by Gasteiger charge is 2.22. The monoisotopic (exact) mass is 356 g/mol. The number of carbonyl (C=O) groups is 2. The van der Waals surface area contributed by atoms with Crippen LogP contribution in [-0.4, -0.2) is 38.3 Å². The molecule has 24 heavy (non-hydrogen) atoms. The van der Waals surface area contributed by atoms with Crippen molar-refractivity contribution in [3.63, 3.8) is 0 Å². The molecule has 0 saturated carbocycles. The average Bonchev–Trinajstić information content (AvgIpc) is 2.58. The minimum absolute atomic E-state index is 0. The van der Waals surface area contributed by atoms with E-state index in [1.807, 2.05) is 37.4 Å². The Hall–Kier alpha value is -2.05. The summed E-state index contributed by atoms with van der Waals surface area (Å²) < 4.78 is 10.1. The Bertz CT molecular complexity index is 497. The topological polar surface area (TPSA) is 76.7 Å². The summed E-state index contributed by atoms with van der Waals surface area (Å²) in [6, 6.07) is 8.60. The number of alkyl carbamates (subject to hydrolysis) is 1. The lowest BCUT2D eigenvalue weighted by Crippen LogP contribution is -2.42. The molecule has 134 valence electrons. The molecule has 0 bridgehead atoms. The van der Waals surface area contributed by atoms with E-state index in [0.717, 1.165) is 18.5 Å². The Labute approximate surface area is 149 Å². The van der Waals surface area contributed by atoms with Crippen LogP contribution < -0.4 is 10.6 Å². The molecule has 1 aromatic rings. The number of carbonyl (C=O) groups excluding carboxylic acids is 2. The molecule has 0 aromatic heterocycles. The molecule has 1 rings (SSSR count). The Morgan fingerprint density at radius 3 is 2.58 bits per heavy atom. The lowest BCUT2D eigenvalue weighted by atomic mass is 10.1. The molecule has 0 radical (unpaired) electrons. The molecule has 0 heterocycles. The fourth-order valence-electron chi connectivity index (χ4n) is 1.88. The van der Waals surface area contributed by atoms with Crippen LogP contribution in [0.4, 0.5) is 4.79 Å².